The third-order valence-electron chi connectivity index (χ3n) is 7.92. The molecule has 43 heavy (non-hydrogen) atoms. The molecule has 2 amide bonds. The standard InChI is InChI=1S/C16H19F2NO3.C16H19F2NO2/c17-16(18)8-6-12(7-9-16)15(22)19-13(10-14(20)21)11-4-2-1-3-5-11;17-16(18)9-6-13(7-10-16)15(21)19-14(8-11-20)12-4-2-1-3-5-12/h1-5,12-13H,6-10H2,(H,19,22)(H,20,21);1-5,11,13-14H,6-10H2,(H,19,21). The van der Waals surface area contributed by atoms with E-state index in [0.29, 0.717) is 5.56 Å². The van der Waals surface area contributed by atoms with Gasteiger partial charge in [0, 0.05) is 43.9 Å². The van der Waals surface area contributed by atoms with Gasteiger partial charge in [-0.2, -0.15) is 0 Å². The highest BCUT2D eigenvalue weighted by molar-refractivity contribution is 5.80. The van der Waals surface area contributed by atoms with Crippen LogP contribution in [0.5, 0.6) is 0 Å². The first kappa shape index (κ1) is 33.7. The van der Waals surface area contributed by atoms with Crippen LogP contribution in [-0.4, -0.2) is 41.0 Å². The van der Waals surface area contributed by atoms with Crippen LogP contribution in [0.4, 0.5) is 17.6 Å². The predicted molar refractivity (Wildman–Crippen MR) is 151 cm³/mol. The fourth-order valence-corrected chi connectivity index (χ4v) is 5.36. The van der Waals surface area contributed by atoms with E-state index in [4.69, 9.17) is 5.11 Å². The van der Waals surface area contributed by atoms with Gasteiger partial charge in [-0.1, -0.05) is 60.7 Å². The van der Waals surface area contributed by atoms with Gasteiger partial charge in [0.15, 0.2) is 0 Å². The Hall–Kier alpha value is -3.76. The van der Waals surface area contributed by atoms with Crippen molar-refractivity contribution in [2.45, 2.75) is 88.1 Å². The molecular weight excluding hydrogens is 568 g/mol. The lowest BCUT2D eigenvalue weighted by Gasteiger charge is -2.29. The summed E-state index contributed by atoms with van der Waals surface area (Å²) in [6.45, 7) is 0. The lowest BCUT2D eigenvalue weighted by atomic mass is 9.86. The van der Waals surface area contributed by atoms with E-state index in [9.17, 15) is 36.7 Å². The highest BCUT2D eigenvalue weighted by Crippen LogP contribution is 2.37. The van der Waals surface area contributed by atoms with Crippen LogP contribution in [0, 0.1) is 11.8 Å². The number of nitrogens with one attached hydrogen (secondary N) is 2. The number of carboxylic acid groups (broad SMARTS) is 1. The van der Waals surface area contributed by atoms with Crippen LogP contribution in [-0.2, 0) is 19.2 Å². The van der Waals surface area contributed by atoms with E-state index in [-0.39, 0.29) is 81.9 Å². The highest BCUT2D eigenvalue weighted by Gasteiger charge is 2.39. The molecule has 2 fully saturated rings. The van der Waals surface area contributed by atoms with Crippen molar-refractivity contribution in [3.63, 3.8) is 0 Å². The number of hydrogen-bond acceptors (Lipinski definition) is 4. The summed E-state index contributed by atoms with van der Waals surface area (Å²) in [6, 6.07) is 17.0. The van der Waals surface area contributed by atoms with Crippen LogP contribution in [0.15, 0.2) is 60.7 Å². The molecule has 0 aliphatic heterocycles. The maximum Gasteiger partial charge on any atom is 0.305 e. The number of amides is 2. The SMILES string of the molecule is O=C(O)CC(NC(=O)C1CCC(F)(F)CC1)c1ccccc1.O=CCC(NC(=O)C1CCC(F)(F)CC1)c1ccccc1. The lowest BCUT2D eigenvalue weighted by Crippen LogP contribution is -2.38. The Morgan fingerprint density at radius 1 is 0.721 bits per heavy atom. The van der Waals surface area contributed by atoms with Crippen molar-refractivity contribution in [3.05, 3.63) is 71.8 Å². The van der Waals surface area contributed by atoms with Gasteiger partial charge in [0.1, 0.15) is 6.29 Å². The molecule has 2 unspecified atom stereocenters. The van der Waals surface area contributed by atoms with Crippen molar-refractivity contribution >= 4 is 24.1 Å². The van der Waals surface area contributed by atoms with Crippen LogP contribution in [0.25, 0.3) is 0 Å². The van der Waals surface area contributed by atoms with E-state index >= 15 is 0 Å². The van der Waals surface area contributed by atoms with Crippen LogP contribution < -0.4 is 10.6 Å². The smallest absolute Gasteiger partial charge is 0.305 e. The van der Waals surface area contributed by atoms with Gasteiger partial charge < -0.3 is 20.5 Å². The van der Waals surface area contributed by atoms with Crippen molar-refractivity contribution in [2.24, 2.45) is 11.8 Å². The molecular formula is C32H38F4N2O5. The normalized spacial score (nSPS) is 19.5. The minimum Gasteiger partial charge on any atom is -0.481 e. The third-order valence-corrected chi connectivity index (χ3v) is 7.92. The van der Waals surface area contributed by atoms with Gasteiger partial charge in [-0.25, -0.2) is 17.6 Å². The highest BCUT2D eigenvalue weighted by atomic mass is 19.3. The zero-order chi connectivity index (χ0) is 31.5. The van der Waals surface area contributed by atoms with Crippen molar-refractivity contribution in [1.29, 1.82) is 0 Å². The number of carboxylic acids is 1. The Labute approximate surface area is 248 Å². The number of halogens is 4. The second kappa shape index (κ2) is 15.6. The van der Waals surface area contributed by atoms with Gasteiger partial charge in [0.2, 0.25) is 23.7 Å². The second-order valence-corrected chi connectivity index (χ2v) is 11.2. The zero-order valence-corrected chi connectivity index (χ0v) is 23.8. The minimum atomic E-state index is -2.68. The second-order valence-electron chi connectivity index (χ2n) is 11.2. The van der Waals surface area contributed by atoms with Gasteiger partial charge in [-0.3, -0.25) is 14.4 Å². The number of alkyl halides is 4. The third kappa shape index (κ3) is 11.1. The van der Waals surface area contributed by atoms with E-state index in [1.165, 1.54) is 0 Å². The Kier molecular flexibility index (Phi) is 12.3. The molecule has 0 heterocycles. The molecule has 0 aromatic heterocycles. The quantitative estimate of drug-likeness (QED) is 0.214. The molecule has 3 N–H and O–H groups in total. The maximum atomic E-state index is 13.1. The summed E-state index contributed by atoms with van der Waals surface area (Å²) >= 11 is 0. The fourth-order valence-electron chi connectivity index (χ4n) is 5.36. The molecule has 0 bridgehead atoms. The van der Waals surface area contributed by atoms with E-state index in [1.54, 1.807) is 30.3 Å². The monoisotopic (exact) mass is 606 g/mol. The summed E-state index contributed by atoms with van der Waals surface area (Å²) in [5.41, 5.74) is 1.54. The first-order chi connectivity index (χ1) is 20.4. The lowest BCUT2D eigenvalue weighted by molar-refractivity contribution is -0.138. The molecule has 2 atom stereocenters. The first-order valence-corrected chi connectivity index (χ1v) is 14.5. The van der Waals surface area contributed by atoms with Crippen LogP contribution in [0.1, 0.15) is 87.4 Å². The number of carbonyl (C=O) groups excluding carboxylic acids is 3. The van der Waals surface area contributed by atoms with Gasteiger partial charge in [-0.05, 0) is 36.8 Å². The Bertz CT molecular complexity index is 1190. The predicted octanol–water partition coefficient (Wildman–Crippen LogP) is 6.40. The summed E-state index contributed by atoms with van der Waals surface area (Å²) in [6.07, 6.45) is 0.289. The Morgan fingerprint density at radius 2 is 1.09 bits per heavy atom. The molecule has 0 radical (unpaired) electrons. The van der Waals surface area contributed by atoms with Crippen LogP contribution >= 0.6 is 0 Å². The number of aliphatic carboxylic acids is 1. The average Bonchev–Trinajstić information content (AvgIpc) is 2.97. The largest absolute Gasteiger partial charge is 0.481 e. The molecule has 0 spiro atoms. The van der Waals surface area contributed by atoms with Gasteiger partial charge >= 0.3 is 5.97 Å². The van der Waals surface area contributed by atoms with Gasteiger partial charge in [0.25, 0.3) is 0 Å². The van der Waals surface area contributed by atoms with Crippen molar-refractivity contribution < 1.29 is 41.8 Å². The van der Waals surface area contributed by atoms with Crippen molar-refractivity contribution in [1.82, 2.24) is 10.6 Å². The van der Waals surface area contributed by atoms with E-state index in [0.717, 1.165) is 11.8 Å². The molecule has 234 valence electrons. The minimum absolute atomic E-state index is 0.132. The average molecular weight is 607 g/mol. The van der Waals surface area contributed by atoms with E-state index < -0.39 is 35.8 Å². The molecule has 4 rings (SSSR count). The van der Waals surface area contributed by atoms with Crippen molar-refractivity contribution in [2.75, 3.05) is 0 Å². The van der Waals surface area contributed by atoms with E-state index in [2.05, 4.69) is 10.6 Å². The molecule has 7 nitrogen and oxygen atoms in total. The number of carbonyl (C=O) groups is 4. The summed E-state index contributed by atoms with van der Waals surface area (Å²) in [5.74, 6) is -7.78. The molecule has 0 saturated heterocycles. The maximum absolute atomic E-state index is 13.1. The topological polar surface area (TPSA) is 113 Å². The molecule has 11 heteroatoms. The Morgan fingerprint density at radius 3 is 1.47 bits per heavy atom. The Balaban J connectivity index is 0.000000236. The van der Waals surface area contributed by atoms with Crippen LogP contribution in [0.3, 0.4) is 0 Å². The number of benzene rings is 2. The number of aldehydes is 1. The van der Waals surface area contributed by atoms with Gasteiger partial charge in [0.05, 0.1) is 18.5 Å². The molecule has 2 aromatic carbocycles. The number of rotatable bonds is 10. The van der Waals surface area contributed by atoms with Crippen molar-refractivity contribution in [3.8, 4) is 0 Å². The summed E-state index contributed by atoms with van der Waals surface area (Å²) in [4.78, 5) is 46.2. The zero-order valence-electron chi connectivity index (χ0n) is 23.8. The molecule has 2 aliphatic rings. The molecule has 2 saturated carbocycles. The summed E-state index contributed by atoms with van der Waals surface area (Å²) < 4.78 is 52.5. The fraction of sp³-hybridized carbons (Fsp3) is 0.500. The summed E-state index contributed by atoms with van der Waals surface area (Å²) in [5, 5.41) is 14.5. The molecule has 2 aliphatic carbocycles. The van der Waals surface area contributed by atoms with Crippen LogP contribution in [0.2, 0.25) is 0 Å². The van der Waals surface area contributed by atoms with E-state index in [1.807, 2.05) is 30.3 Å². The molecule has 2 aromatic rings. The number of hydrogen-bond donors (Lipinski definition) is 3. The first-order valence-electron chi connectivity index (χ1n) is 14.5. The van der Waals surface area contributed by atoms with Gasteiger partial charge in [-0.15, -0.1) is 0 Å². The summed E-state index contributed by atoms with van der Waals surface area (Å²) in [7, 11) is 0.